The van der Waals surface area contributed by atoms with Gasteiger partial charge in [-0.1, -0.05) is 38.1 Å². The third kappa shape index (κ3) is 5.58. The van der Waals surface area contributed by atoms with Crippen molar-refractivity contribution in [3.8, 4) is 0 Å². The number of carbonyl (C=O) groups is 2. The molecule has 2 aromatic carbocycles. The number of hydrogen-bond donors (Lipinski definition) is 1. The van der Waals surface area contributed by atoms with Gasteiger partial charge in [-0.2, -0.15) is 13.2 Å². The fourth-order valence-electron chi connectivity index (χ4n) is 2.86. The van der Waals surface area contributed by atoms with Crippen LogP contribution in [0.2, 0.25) is 0 Å². The largest absolute Gasteiger partial charge is 0.416 e. The molecule has 28 heavy (non-hydrogen) atoms. The van der Waals surface area contributed by atoms with Crippen molar-refractivity contribution in [2.45, 2.75) is 39.3 Å². The summed E-state index contributed by atoms with van der Waals surface area (Å²) in [6, 6.07) is 11.9. The van der Waals surface area contributed by atoms with Gasteiger partial charge in [0, 0.05) is 31.3 Å². The van der Waals surface area contributed by atoms with Gasteiger partial charge >= 0.3 is 6.18 Å². The van der Waals surface area contributed by atoms with E-state index in [2.05, 4.69) is 5.32 Å². The summed E-state index contributed by atoms with van der Waals surface area (Å²) in [5.74, 6) is -0.531. The van der Waals surface area contributed by atoms with Crippen LogP contribution in [0.4, 0.5) is 24.5 Å². The molecule has 0 radical (unpaired) electrons. The standard InChI is InChI=1S/C21H23F3N2O2/c1-14(2)18-9-4-5-10-19(18)25-20(28)11-12-26(15(3)27)17-8-6-7-16(13-17)21(22,23)24/h4-10,13-14H,11-12H2,1-3H3,(H,25,28). The lowest BCUT2D eigenvalue weighted by atomic mass is 10.0. The lowest BCUT2D eigenvalue weighted by Crippen LogP contribution is -2.32. The minimum Gasteiger partial charge on any atom is -0.326 e. The maximum atomic E-state index is 12.9. The van der Waals surface area contributed by atoms with Crippen molar-refractivity contribution >= 4 is 23.2 Å². The van der Waals surface area contributed by atoms with Crippen molar-refractivity contribution in [3.63, 3.8) is 0 Å². The smallest absolute Gasteiger partial charge is 0.326 e. The van der Waals surface area contributed by atoms with Crippen LogP contribution in [-0.4, -0.2) is 18.4 Å². The van der Waals surface area contributed by atoms with Gasteiger partial charge in [-0.3, -0.25) is 9.59 Å². The predicted octanol–water partition coefficient (Wildman–Crippen LogP) is 5.21. The fourth-order valence-corrected chi connectivity index (χ4v) is 2.86. The van der Waals surface area contributed by atoms with Crippen LogP contribution in [-0.2, 0) is 15.8 Å². The Bertz CT molecular complexity index is 848. The van der Waals surface area contributed by atoms with Gasteiger partial charge in [0.05, 0.1) is 5.56 Å². The lowest BCUT2D eigenvalue weighted by Gasteiger charge is -2.22. The van der Waals surface area contributed by atoms with Gasteiger partial charge in [0.2, 0.25) is 11.8 Å². The Morgan fingerprint density at radius 2 is 1.75 bits per heavy atom. The molecule has 7 heteroatoms. The first-order valence-electron chi connectivity index (χ1n) is 8.93. The molecule has 0 bridgehead atoms. The summed E-state index contributed by atoms with van der Waals surface area (Å²) in [7, 11) is 0. The first-order chi connectivity index (χ1) is 13.1. The maximum Gasteiger partial charge on any atom is 0.416 e. The highest BCUT2D eigenvalue weighted by Gasteiger charge is 2.31. The number of alkyl halides is 3. The molecule has 0 aliphatic carbocycles. The van der Waals surface area contributed by atoms with Crippen LogP contribution in [0.1, 0.15) is 44.2 Å². The molecule has 0 fully saturated rings. The molecule has 0 aliphatic rings. The number of benzene rings is 2. The van der Waals surface area contributed by atoms with E-state index >= 15 is 0 Å². The number of nitrogens with zero attached hydrogens (tertiary/aromatic N) is 1. The van der Waals surface area contributed by atoms with Gasteiger partial charge in [0.1, 0.15) is 0 Å². The first kappa shape index (κ1) is 21.5. The van der Waals surface area contributed by atoms with Crippen LogP contribution in [0.5, 0.6) is 0 Å². The number of halogens is 3. The molecule has 0 saturated carbocycles. The summed E-state index contributed by atoms with van der Waals surface area (Å²) in [5.41, 5.74) is 0.942. The van der Waals surface area contributed by atoms with Crippen LogP contribution >= 0.6 is 0 Å². The molecule has 0 saturated heterocycles. The van der Waals surface area contributed by atoms with Gasteiger partial charge in [-0.25, -0.2) is 0 Å². The third-order valence-corrected chi connectivity index (χ3v) is 4.28. The Morgan fingerprint density at radius 3 is 2.36 bits per heavy atom. The normalized spacial score (nSPS) is 11.4. The maximum absolute atomic E-state index is 12.9. The molecule has 0 aliphatic heterocycles. The van der Waals surface area contributed by atoms with E-state index in [0.29, 0.717) is 5.69 Å². The van der Waals surface area contributed by atoms with Crippen LogP contribution in [0.25, 0.3) is 0 Å². The number of nitrogens with one attached hydrogen (secondary N) is 1. The molecule has 2 aromatic rings. The van der Waals surface area contributed by atoms with E-state index in [0.717, 1.165) is 17.7 Å². The number of hydrogen-bond acceptors (Lipinski definition) is 2. The molecule has 0 heterocycles. The van der Waals surface area contributed by atoms with Crippen LogP contribution in [0.15, 0.2) is 48.5 Å². The third-order valence-electron chi connectivity index (χ3n) is 4.28. The number of para-hydroxylation sites is 1. The molecular formula is C21H23F3N2O2. The van der Waals surface area contributed by atoms with E-state index in [1.54, 1.807) is 6.07 Å². The van der Waals surface area contributed by atoms with Gasteiger partial charge in [0.25, 0.3) is 0 Å². The molecule has 4 nitrogen and oxygen atoms in total. The van der Waals surface area contributed by atoms with Crippen molar-refractivity contribution in [2.24, 2.45) is 0 Å². The summed E-state index contributed by atoms with van der Waals surface area (Å²) in [4.78, 5) is 25.4. The first-order valence-corrected chi connectivity index (χ1v) is 8.93. The summed E-state index contributed by atoms with van der Waals surface area (Å²) in [6.45, 7) is 5.25. The van der Waals surface area contributed by atoms with Crippen molar-refractivity contribution in [1.82, 2.24) is 0 Å². The van der Waals surface area contributed by atoms with E-state index in [1.165, 1.54) is 24.0 Å². The average molecular weight is 392 g/mol. The second-order valence-electron chi connectivity index (χ2n) is 6.76. The molecule has 2 rings (SSSR count). The zero-order chi connectivity index (χ0) is 20.9. The van der Waals surface area contributed by atoms with Crippen LogP contribution in [0, 0.1) is 0 Å². The van der Waals surface area contributed by atoms with Crippen molar-refractivity contribution < 1.29 is 22.8 Å². The Hall–Kier alpha value is -2.83. The molecule has 150 valence electrons. The topological polar surface area (TPSA) is 49.4 Å². The van der Waals surface area contributed by atoms with Crippen LogP contribution < -0.4 is 10.2 Å². The second kappa shape index (κ2) is 8.91. The molecule has 0 unspecified atom stereocenters. The van der Waals surface area contributed by atoms with Gasteiger partial charge in [-0.15, -0.1) is 0 Å². The van der Waals surface area contributed by atoms with E-state index in [-0.39, 0.29) is 30.5 Å². The minimum absolute atomic E-state index is 0.0215. The Morgan fingerprint density at radius 1 is 1.07 bits per heavy atom. The summed E-state index contributed by atoms with van der Waals surface area (Å²) >= 11 is 0. The Labute approximate surface area is 162 Å². The molecule has 2 amide bonds. The Balaban J connectivity index is 2.10. The van der Waals surface area contributed by atoms with Gasteiger partial charge in [-0.05, 0) is 35.7 Å². The zero-order valence-electron chi connectivity index (χ0n) is 16.0. The zero-order valence-corrected chi connectivity index (χ0v) is 16.0. The number of anilines is 2. The molecular weight excluding hydrogens is 369 g/mol. The monoisotopic (exact) mass is 392 g/mol. The SMILES string of the molecule is CC(=O)N(CCC(=O)Nc1ccccc1C(C)C)c1cccc(C(F)(F)F)c1. The molecule has 0 spiro atoms. The van der Waals surface area contributed by atoms with Gasteiger partial charge in [0.15, 0.2) is 0 Å². The summed E-state index contributed by atoms with van der Waals surface area (Å²) < 4.78 is 38.8. The highest BCUT2D eigenvalue weighted by atomic mass is 19.4. The predicted molar refractivity (Wildman–Crippen MR) is 103 cm³/mol. The quantitative estimate of drug-likeness (QED) is 0.734. The molecule has 0 atom stereocenters. The van der Waals surface area contributed by atoms with Crippen molar-refractivity contribution in [2.75, 3.05) is 16.8 Å². The Kier molecular flexibility index (Phi) is 6.83. The highest BCUT2D eigenvalue weighted by molar-refractivity contribution is 5.95. The number of amides is 2. The average Bonchev–Trinajstić information content (AvgIpc) is 2.61. The van der Waals surface area contributed by atoms with Gasteiger partial charge < -0.3 is 10.2 Å². The van der Waals surface area contributed by atoms with E-state index in [1.807, 2.05) is 32.0 Å². The van der Waals surface area contributed by atoms with Crippen molar-refractivity contribution in [3.05, 3.63) is 59.7 Å². The fraction of sp³-hybridized carbons (Fsp3) is 0.333. The van der Waals surface area contributed by atoms with E-state index in [4.69, 9.17) is 0 Å². The summed E-state index contributed by atoms with van der Waals surface area (Å²) in [5, 5.41) is 2.82. The molecule has 0 aromatic heterocycles. The number of rotatable bonds is 6. The highest BCUT2D eigenvalue weighted by Crippen LogP contribution is 2.31. The molecule has 1 N–H and O–H groups in total. The summed E-state index contributed by atoms with van der Waals surface area (Å²) in [6.07, 6.45) is -4.54. The van der Waals surface area contributed by atoms with E-state index < -0.39 is 17.6 Å². The van der Waals surface area contributed by atoms with Crippen LogP contribution in [0.3, 0.4) is 0 Å². The minimum atomic E-state index is -4.50. The second-order valence-corrected chi connectivity index (χ2v) is 6.76. The van der Waals surface area contributed by atoms with Crippen molar-refractivity contribution in [1.29, 1.82) is 0 Å². The number of carbonyl (C=O) groups excluding carboxylic acids is 2. The lowest BCUT2D eigenvalue weighted by molar-refractivity contribution is -0.137. The van der Waals surface area contributed by atoms with E-state index in [9.17, 15) is 22.8 Å².